The summed E-state index contributed by atoms with van der Waals surface area (Å²) in [4.78, 5) is 11.0. The highest BCUT2D eigenvalue weighted by atomic mass is 19.4. The Labute approximate surface area is 101 Å². The molecule has 1 rings (SSSR count). The van der Waals surface area contributed by atoms with E-state index in [1.165, 1.54) is 13.2 Å². The van der Waals surface area contributed by atoms with Crippen LogP contribution in [0.2, 0.25) is 0 Å². The second kappa shape index (κ2) is 5.40. The highest BCUT2D eigenvalue weighted by molar-refractivity contribution is 5.72. The van der Waals surface area contributed by atoms with E-state index in [4.69, 9.17) is 5.26 Å². The zero-order valence-corrected chi connectivity index (χ0v) is 9.25. The van der Waals surface area contributed by atoms with Crippen LogP contribution in [0.25, 0.3) is 0 Å². The van der Waals surface area contributed by atoms with Gasteiger partial charge in [0.15, 0.2) is 0 Å². The predicted octanol–water partition coefficient (Wildman–Crippen LogP) is 2.17. The molecule has 1 aromatic carbocycles. The highest BCUT2D eigenvalue weighted by Crippen LogP contribution is 2.27. The average Bonchev–Trinajstić information content (AvgIpc) is 2.27. The van der Waals surface area contributed by atoms with Crippen molar-refractivity contribution in [3.8, 4) is 11.8 Å². The first kappa shape index (κ1) is 13.8. The average molecular weight is 259 g/mol. The number of hydrogen-bond acceptors (Lipinski definition) is 4. The number of carbonyl (C=O) groups excluding carboxylic acids is 1. The fourth-order valence-corrected chi connectivity index (χ4v) is 1.22. The summed E-state index contributed by atoms with van der Waals surface area (Å²) >= 11 is 0. The van der Waals surface area contributed by atoms with Gasteiger partial charge in [-0.25, -0.2) is 0 Å². The van der Waals surface area contributed by atoms with Gasteiger partial charge in [0.05, 0.1) is 19.1 Å². The van der Waals surface area contributed by atoms with Crippen molar-refractivity contribution in [1.29, 1.82) is 5.26 Å². The van der Waals surface area contributed by atoms with Gasteiger partial charge in [-0.05, 0) is 17.7 Å². The predicted molar refractivity (Wildman–Crippen MR) is 53.6 cm³/mol. The van der Waals surface area contributed by atoms with Crippen LogP contribution in [0.5, 0.6) is 5.75 Å². The minimum Gasteiger partial charge on any atom is -0.469 e. The van der Waals surface area contributed by atoms with E-state index in [0.29, 0.717) is 0 Å². The number of carbonyl (C=O) groups is 1. The molecule has 0 heterocycles. The molecule has 0 aliphatic carbocycles. The van der Waals surface area contributed by atoms with Crippen molar-refractivity contribution in [1.82, 2.24) is 0 Å². The zero-order chi connectivity index (χ0) is 13.8. The number of halogens is 3. The van der Waals surface area contributed by atoms with Crippen molar-refractivity contribution in [2.75, 3.05) is 7.11 Å². The van der Waals surface area contributed by atoms with Crippen LogP contribution < -0.4 is 4.74 Å². The molecular formula is C11H8F3NO3. The molecule has 0 spiro atoms. The van der Waals surface area contributed by atoms with E-state index in [1.807, 2.05) is 0 Å². The van der Waals surface area contributed by atoms with Crippen molar-refractivity contribution in [3.05, 3.63) is 29.3 Å². The van der Waals surface area contributed by atoms with Gasteiger partial charge in [0, 0.05) is 0 Å². The number of alkyl halides is 3. The first-order chi connectivity index (χ1) is 8.35. The van der Waals surface area contributed by atoms with Gasteiger partial charge in [-0.2, -0.15) is 5.26 Å². The van der Waals surface area contributed by atoms with E-state index in [1.54, 1.807) is 6.07 Å². The Morgan fingerprint density at radius 1 is 1.44 bits per heavy atom. The summed E-state index contributed by atoms with van der Waals surface area (Å²) in [5.74, 6) is -1.23. The second-order valence-corrected chi connectivity index (χ2v) is 3.24. The third-order valence-electron chi connectivity index (χ3n) is 1.97. The lowest BCUT2D eigenvalue weighted by Gasteiger charge is -2.11. The number of hydrogen-bond donors (Lipinski definition) is 0. The molecule has 0 N–H and O–H groups in total. The monoisotopic (exact) mass is 259 g/mol. The summed E-state index contributed by atoms with van der Waals surface area (Å²) in [6, 6.07) is 5.07. The van der Waals surface area contributed by atoms with Crippen molar-refractivity contribution in [2.24, 2.45) is 0 Å². The number of rotatable bonds is 3. The van der Waals surface area contributed by atoms with Crippen molar-refractivity contribution < 1.29 is 27.4 Å². The van der Waals surface area contributed by atoms with E-state index in [2.05, 4.69) is 9.47 Å². The number of benzene rings is 1. The van der Waals surface area contributed by atoms with E-state index < -0.39 is 18.1 Å². The largest absolute Gasteiger partial charge is 0.573 e. The lowest BCUT2D eigenvalue weighted by atomic mass is 10.1. The fourth-order valence-electron chi connectivity index (χ4n) is 1.22. The molecule has 0 aliphatic heterocycles. The van der Waals surface area contributed by atoms with Gasteiger partial charge in [-0.3, -0.25) is 4.79 Å². The van der Waals surface area contributed by atoms with E-state index in [9.17, 15) is 18.0 Å². The molecule has 0 fully saturated rings. The summed E-state index contributed by atoms with van der Waals surface area (Å²) in [6.45, 7) is 0. The lowest BCUT2D eigenvalue weighted by molar-refractivity contribution is -0.274. The Balaban J connectivity index is 3.03. The zero-order valence-electron chi connectivity index (χ0n) is 9.25. The van der Waals surface area contributed by atoms with Crippen LogP contribution in [0.1, 0.15) is 11.1 Å². The summed E-state index contributed by atoms with van der Waals surface area (Å²) in [7, 11) is 1.17. The maximum atomic E-state index is 12.1. The summed E-state index contributed by atoms with van der Waals surface area (Å²) in [5.41, 5.74) is 0.000964. The molecular weight excluding hydrogens is 251 g/mol. The standard InChI is InChI=1S/C11H8F3NO3/c1-17-10(16)5-7-2-3-8(6-15)9(4-7)18-11(12,13)14/h2-4H,5H2,1H3. The van der Waals surface area contributed by atoms with Crippen LogP contribution in [-0.4, -0.2) is 19.4 Å². The Morgan fingerprint density at radius 3 is 2.61 bits per heavy atom. The lowest BCUT2D eigenvalue weighted by Crippen LogP contribution is -2.18. The van der Waals surface area contributed by atoms with Gasteiger partial charge in [0.25, 0.3) is 0 Å². The van der Waals surface area contributed by atoms with E-state index in [0.717, 1.165) is 12.1 Å². The molecule has 4 nitrogen and oxygen atoms in total. The minimum atomic E-state index is -4.89. The normalized spacial score (nSPS) is 10.6. The van der Waals surface area contributed by atoms with Crippen LogP contribution in [0, 0.1) is 11.3 Å². The number of nitrogens with zero attached hydrogens (tertiary/aromatic N) is 1. The van der Waals surface area contributed by atoms with E-state index >= 15 is 0 Å². The van der Waals surface area contributed by atoms with Gasteiger partial charge in [0.1, 0.15) is 11.8 Å². The Morgan fingerprint density at radius 2 is 2.11 bits per heavy atom. The minimum absolute atomic E-state index is 0.198. The molecule has 96 valence electrons. The maximum Gasteiger partial charge on any atom is 0.573 e. The Kier molecular flexibility index (Phi) is 4.15. The molecule has 7 heteroatoms. The molecule has 0 aromatic heterocycles. The third-order valence-corrected chi connectivity index (χ3v) is 1.97. The third kappa shape index (κ3) is 3.97. The molecule has 1 aromatic rings. The van der Waals surface area contributed by atoms with Gasteiger partial charge < -0.3 is 9.47 Å². The number of ether oxygens (including phenoxy) is 2. The summed E-state index contributed by atoms with van der Waals surface area (Å²) in [6.07, 6.45) is -5.09. The van der Waals surface area contributed by atoms with E-state index in [-0.39, 0.29) is 17.5 Å². The molecule has 0 radical (unpaired) electrons. The maximum absolute atomic E-state index is 12.1. The summed E-state index contributed by atoms with van der Waals surface area (Å²) in [5, 5.41) is 8.65. The molecule has 0 atom stereocenters. The van der Waals surface area contributed by atoms with Crippen LogP contribution in [0.15, 0.2) is 18.2 Å². The second-order valence-electron chi connectivity index (χ2n) is 3.24. The Bertz CT molecular complexity index is 491. The van der Waals surface area contributed by atoms with Gasteiger partial charge >= 0.3 is 12.3 Å². The molecule has 18 heavy (non-hydrogen) atoms. The quantitative estimate of drug-likeness (QED) is 0.780. The first-order valence-corrected chi connectivity index (χ1v) is 4.71. The number of esters is 1. The molecule has 0 saturated carbocycles. The van der Waals surface area contributed by atoms with Crippen LogP contribution >= 0.6 is 0 Å². The molecule has 0 bridgehead atoms. The van der Waals surface area contributed by atoms with Crippen LogP contribution in [0.3, 0.4) is 0 Å². The van der Waals surface area contributed by atoms with Gasteiger partial charge in [0.2, 0.25) is 0 Å². The SMILES string of the molecule is COC(=O)Cc1ccc(C#N)c(OC(F)(F)F)c1. The molecule has 0 aliphatic rings. The van der Waals surface area contributed by atoms with Crippen molar-refractivity contribution in [2.45, 2.75) is 12.8 Å². The summed E-state index contributed by atoms with van der Waals surface area (Å²) < 4.78 is 44.4. The van der Waals surface area contributed by atoms with Crippen LogP contribution in [0.4, 0.5) is 13.2 Å². The Hall–Kier alpha value is -2.23. The molecule has 0 amide bonds. The topological polar surface area (TPSA) is 59.3 Å². The van der Waals surface area contributed by atoms with Gasteiger partial charge in [-0.1, -0.05) is 6.07 Å². The first-order valence-electron chi connectivity index (χ1n) is 4.71. The molecule has 0 unspecified atom stereocenters. The molecule has 0 saturated heterocycles. The van der Waals surface area contributed by atoms with Gasteiger partial charge in [-0.15, -0.1) is 13.2 Å². The fraction of sp³-hybridized carbons (Fsp3) is 0.273. The smallest absolute Gasteiger partial charge is 0.469 e. The highest BCUT2D eigenvalue weighted by Gasteiger charge is 2.32. The van der Waals surface area contributed by atoms with Crippen LogP contribution in [-0.2, 0) is 16.0 Å². The van der Waals surface area contributed by atoms with Crippen molar-refractivity contribution in [3.63, 3.8) is 0 Å². The van der Waals surface area contributed by atoms with Crippen molar-refractivity contribution >= 4 is 5.97 Å². The number of methoxy groups -OCH3 is 1. The number of nitriles is 1.